The Hall–Kier alpha value is -4.62. The molecular formula is C22H35N9O10S. The minimum Gasteiger partial charge on any atom is -0.481 e. The third-order valence-electron chi connectivity index (χ3n) is 5.50. The number of hydrogen-bond donors (Lipinski definition) is 10. The fraction of sp³-hybridized carbons (Fsp3) is 0.591. The summed E-state index contributed by atoms with van der Waals surface area (Å²) in [6.45, 7) is -0.659. The van der Waals surface area contributed by atoms with Crippen LogP contribution in [0.15, 0.2) is 4.99 Å². The van der Waals surface area contributed by atoms with Crippen LogP contribution in [0.4, 0.5) is 0 Å². The van der Waals surface area contributed by atoms with Crippen LogP contribution in [-0.2, 0) is 38.4 Å². The van der Waals surface area contributed by atoms with Crippen LogP contribution in [0.1, 0.15) is 32.1 Å². The highest BCUT2D eigenvalue weighted by Crippen LogP contribution is 2.08. The summed E-state index contributed by atoms with van der Waals surface area (Å²) in [4.78, 5) is 102. The van der Waals surface area contributed by atoms with Gasteiger partial charge >= 0.3 is 11.9 Å². The van der Waals surface area contributed by atoms with Gasteiger partial charge < -0.3 is 54.0 Å². The molecular weight excluding hydrogens is 582 g/mol. The second-order valence-electron chi connectivity index (χ2n) is 8.99. The SMILES string of the molecule is NC(=O)CC[C@@H]1NC(=O)CSC[C@@H](C(=O)O)NC(=O)[C@H](CC(=O)O)NC(=O)CNC(=O)[C@H](CCCN=C(N)N)NC1=O. The molecule has 1 saturated heterocycles. The van der Waals surface area contributed by atoms with Crippen molar-refractivity contribution in [3.8, 4) is 0 Å². The first kappa shape index (κ1) is 35.4. The summed E-state index contributed by atoms with van der Waals surface area (Å²) < 4.78 is 0. The first-order valence-electron chi connectivity index (χ1n) is 12.5. The zero-order valence-electron chi connectivity index (χ0n) is 22.4. The van der Waals surface area contributed by atoms with E-state index in [1.54, 1.807) is 0 Å². The lowest BCUT2D eigenvalue weighted by Gasteiger charge is -2.24. The van der Waals surface area contributed by atoms with Gasteiger partial charge in [-0.15, -0.1) is 11.8 Å². The zero-order valence-corrected chi connectivity index (χ0v) is 23.2. The summed E-state index contributed by atoms with van der Waals surface area (Å²) in [6.07, 6.45) is -1.24. The summed E-state index contributed by atoms with van der Waals surface area (Å²) >= 11 is 0.772. The largest absolute Gasteiger partial charge is 0.481 e. The number of rotatable bonds is 10. The van der Waals surface area contributed by atoms with E-state index in [0.717, 1.165) is 11.8 Å². The number of aliphatic carboxylic acids is 2. The molecule has 0 unspecified atom stereocenters. The van der Waals surface area contributed by atoms with Gasteiger partial charge in [0.25, 0.3) is 0 Å². The number of guanidine groups is 1. The fourth-order valence-electron chi connectivity index (χ4n) is 3.47. The van der Waals surface area contributed by atoms with Crippen LogP contribution in [0.3, 0.4) is 0 Å². The monoisotopic (exact) mass is 617 g/mol. The van der Waals surface area contributed by atoms with Crippen molar-refractivity contribution in [3.05, 3.63) is 0 Å². The van der Waals surface area contributed by atoms with Crippen LogP contribution >= 0.6 is 11.8 Å². The Balaban J connectivity index is 3.28. The Kier molecular flexibility index (Phi) is 15.1. The predicted octanol–water partition coefficient (Wildman–Crippen LogP) is -5.33. The van der Waals surface area contributed by atoms with Gasteiger partial charge in [0.15, 0.2) is 5.96 Å². The molecule has 234 valence electrons. The second-order valence-corrected chi connectivity index (χ2v) is 10.0. The average molecular weight is 618 g/mol. The van der Waals surface area contributed by atoms with Crippen molar-refractivity contribution in [2.24, 2.45) is 22.2 Å². The molecule has 0 saturated carbocycles. The van der Waals surface area contributed by atoms with Crippen LogP contribution in [0.5, 0.6) is 0 Å². The minimum atomic E-state index is -1.69. The van der Waals surface area contributed by atoms with Crippen molar-refractivity contribution in [1.82, 2.24) is 26.6 Å². The third-order valence-corrected chi connectivity index (χ3v) is 6.53. The molecule has 1 aliphatic rings. The van der Waals surface area contributed by atoms with Crippen molar-refractivity contribution in [1.29, 1.82) is 0 Å². The number of nitrogens with one attached hydrogen (secondary N) is 5. The average Bonchev–Trinajstić information content (AvgIpc) is 2.88. The van der Waals surface area contributed by atoms with Crippen LogP contribution in [0.2, 0.25) is 0 Å². The molecule has 19 nitrogen and oxygen atoms in total. The zero-order chi connectivity index (χ0) is 31.8. The van der Waals surface area contributed by atoms with Gasteiger partial charge in [0.2, 0.25) is 35.4 Å². The Morgan fingerprint density at radius 2 is 1.45 bits per heavy atom. The van der Waals surface area contributed by atoms with Crippen LogP contribution < -0.4 is 43.8 Å². The van der Waals surface area contributed by atoms with Crippen molar-refractivity contribution in [3.63, 3.8) is 0 Å². The van der Waals surface area contributed by atoms with Gasteiger partial charge in [-0.05, 0) is 19.3 Å². The van der Waals surface area contributed by atoms with E-state index in [9.17, 15) is 43.5 Å². The lowest BCUT2D eigenvalue weighted by Crippen LogP contribution is -2.56. The van der Waals surface area contributed by atoms with E-state index in [0.29, 0.717) is 0 Å². The summed E-state index contributed by atoms with van der Waals surface area (Å²) in [6, 6.07) is -5.85. The molecule has 1 fully saturated rings. The maximum absolute atomic E-state index is 13.1. The molecule has 1 rings (SSSR count). The van der Waals surface area contributed by atoms with Gasteiger partial charge in [0.05, 0.1) is 18.7 Å². The van der Waals surface area contributed by atoms with Gasteiger partial charge in [0, 0.05) is 18.7 Å². The molecule has 13 N–H and O–H groups in total. The molecule has 0 aromatic carbocycles. The first-order valence-corrected chi connectivity index (χ1v) is 13.7. The van der Waals surface area contributed by atoms with Gasteiger partial charge in [0.1, 0.15) is 24.2 Å². The number of amides is 6. The number of nitrogens with zero attached hydrogens (tertiary/aromatic N) is 1. The standard InChI is InChI=1S/C22H35N9O10S/c23-14(32)4-3-11-19(38)30-10(2-1-5-26-22(24)25)18(37)27-7-15(33)29-12(6-17(35)36)20(39)31-13(21(40)41)8-42-9-16(34)28-11/h10-13H,1-9H2,(H2,23,32)(H,27,37)(H,28,34)(H,29,33)(H,30,38)(H,31,39)(H,35,36)(H,40,41)(H4,24,25,26)/t10-,11-,12-,13-/m0/s1. The number of carbonyl (C=O) groups is 8. The Morgan fingerprint density at radius 3 is 2.05 bits per heavy atom. The topological polar surface area (TPSA) is 328 Å². The molecule has 0 aliphatic carbocycles. The van der Waals surface area contributed by atoms with Gasteiger partial charge in [-0.25, -0.2) is 4.79 Å². The van der Waals surface area contributed by atoms with Crippen LogP contribution in [-0.4, -0.2) is 112 Å². The second kappa shape index (κ2) is 17.9. The van der Waals surface area contributed by atoms with Gasteiger partial charge in [-0.3, -0.25) is 38.6 Å². The summed E-state index contributed by atoms with van der Waals surface area (Å²) in [5, 5.41) is 29.9. The maximum atomic E-state index is 13.1. The molecule has 0 spiro atoms. The number of primary amides is 1. The molecule has 4 atom stereocenters. The molecule has 1 heterocycles. The molecule has 0 bridgehead atoms. The third kappa shape index (κ3) is 14.1. The van der Waals surface area contributed by atoms with E-state index in [1.807, 2.05) is 0 Å². The van der Waals surface area contributed by atoms with E-state index in [4.69, 9.17) is 22.3 Å². The highest BCUT2D eigenvalue weighted by atomic mass is 32.2. The molecule has 0 radical (unpaired) electrons. The van der Waals surface area contributed by atoms with E-state index >= 15 is 0 Å². The number of hydrogen-bond acceptors (Lipinski definition) is 10. The Bertz CT molecular complexity index is 1080. The van der Waals surface area contributed by atoms with E-state index in [1.165, 1.54) is 0 Å². The van der Waals surface area contributed by atoms with Crippen LogP contribution in [0, 0.1) is 0 Å². The van der Waals surface area contributed by atoms with Gasteiger partial charge in [-0.1, -0.05) is 0 Å². The molecule has 42 heavy (non-hydrogen) atoms. The number of carboxylic acid groups (broad SMARTS) is 2. The minimum absolute atomic E-state index is 0.0249. The number of carboxylic acids is 2. The smallest absolute Gasteiger partial charge is 0.327 e. The summed E-state index contributed by atoms with van der Waals surface area (Å²) in [5.74, 6) is -9.19. The molecule has 20 heteroatoms. The molecule has 6 amide bonds. The molecule has 0 aromatic rings. The van der Waals surface area contributed by atoms with E-state index in [-0.39, 0.29) is 49.7 Å². The van der Waals surface area contributed by atoms with E-state index < -0.39 is 84.5 Å². The highest BCUT2D eigenvalue weighted by molar-refractivity contribution is 8.00. The number of aliphatic imine (C=N–C) groups is 1. The normalized spacial score (nSPS) is 23.0. The van der Waals surface area contributed by atoms with E-state index in [2.05, 4.69) is 31.6 Å². The molecule has 0 aromatic heterocycles. The van der Waals surface area contributed by atoms with Crippen molar-refractivity contribution >= 4 is 65.1 Å². The fourth-order valence-corrected chi connectivity index (χ4v) is 4.32. The van der Waals surface area contributed by atoms with Crippen LogP contribution in [0.25, 0.3) is 0 Å². The summed E-state index contributed by atoms with van der Waals surface area (Å²) in [5.41, 5.74) is 15.7. The number of thioether (sulfide) groups is 1. The number of carbonyl (C=O) groups excluding carboxylic acids is 6. The van der Waals surface area contributed by atoms with Crippen molar-refractivity contribution < 1.29 is 48.6 Å². The lowest BCUT2D eigenvalue weighted by molar-refractivity contribution is -0.143. The van der Waals surface area contributed by atoms with Gasteiger partial charge in [-0.2, -0.15) is 0 Å². The number of nitrogens with two attached hydrogens (primary N) is 3. The molecule has 1 aliphatic heterocycles. The summed E-state index contributed by atoms with van der Waals surface area (Å²) in [7, 11) is 0. The van der Waals surface area contributed by atoms with Crippen molar-refractivity contribution in [2.75, 3.05) is 24.6 Å². The highest BCUT2D eigenvalue weighted by Gasteiger charge is 2.31. The van der Waals surface area contributed by atoms with Crippen molar-refractivity contribution in [2.45, 2.75) is 56.3 Å². The predicted molar refractivity (Wildman–Crippen MR) is 146 cm³/mol. The maximum Gasteiger partial charge on any atom is 0.327 e. The Labute approximate surface area is 243 Å². The first-order chi connectivity index (χ1) is 19.7. The quantitative estimate of drug-likeness (QED) is 0.0622. The Morgan fingerprint density at radius 1 is 0.833 bits per heavy atom. The lowest BCUT2D eigenvalue weighted by atomic mass is 10.1.